The summed E-state index contributed by atoms with van der Waals surface area (Å²) >= 11 is 11.9. The number of H-pyrrole nitrogens is 1. The van der Waals surface area contributed by atoms with E-state index >= 15 is 0 Å². The third-order valence-corrected chi connectivity index (χ3v) is 3.73. The van der Waals surface area contributed by atoms with Crippen molar-refractivity contribution in [1.82, 2.24) is 10.4 Å². The van der Waals surface area contributed by atoms with Gasteiger partial charge in [0.1, 0.15) is 0 Å². The second-order valence-corrected chi connectivity index (χ2v) is 5.46. The molecule has 1 heterocycles. The van der Waals surface area contributed by atoms with E-state index in [2.05, 4.69) is 15.5 Å². The van der Waals surface area contributed by atoms with E-state index in [1.165, 1.54) is 6.21 Å². The zero-order valence-electron chi connectivity index (χ0n) is 11.3. The first kappa shape index (κ1) is 14.6. The van der Waals surface area contributed by atoms with Crippen molar-refractivity contribution in [2.45, 2.75) is 0 Å². The number of amides is 1. The van der Waals surface area contributed by atoms with Crippen LogP contribution >= 0.6 is 23.2 Å². The molecule has 2 aromatic carbocycles. The molecule has 3 aromatic rings. The lowest BCUT2D eigenvalue weighted by atomic mass is 10.1. The maximum absolute atomic E-state index is 12.2. The molecule has 0 atom stereocenters. The number of aromatic amines is 1. The fourth-order valence-electron chi connectivity index (χ4n) is 2.10. The van der Waals surface area contributed by atoms with E-state index < -0.39 is 0 Å². The van der Waals surface area contributed by atoms with Crippen molar-refractivity contribution in [3.05, 3.63) is 69.8 Å². The van der Waals surface area contributed by atoms with Crippen molar-refractivity contribution >= 4 is 46.2 Å². The van der Waals surface area contributed by atoms with E-state index in [0.29, 0.717) is 21.2 Å². The molecule has 3 rings (SSSR count). The molecule has 0 spiro atoms. The minimum atomic E-state index is -0.297. The van der Waals surface area contributed by atoms with Crippen LogP contribution in [-0.2, 0) is 0 Å². The number of rotatable bonds is 3. The van der Waals surface area contributed by atoms with E-state index in [1.807, 2.05) is 18.2 Å². The second-order valence-electron chi connectivity index (χ2n) is 4.61. The van der Waals surface area contributed by atoms with Crippen LogP contribution in [0.3, 0.4) is 0 Å². The first-order chi connectivity index (χ1) is 10.6. The number of hydrogen-bond donors (Lipinski definition) is 2. The zero-order chi connectivity index (χ0) is 15.5. The monoisotopic (exact) mass is 331 g/mol. The van der Waals surface area contributed by atoms with Gasteiger partial charge in [0.25, 0.3) is 5.91 Å². The van der Waals surface area contributed by atoms with Crippen molar-refractivity contribution in [3.63, 3.8) is 0 Å². The van der Waals surface area contributed by atoms with Crippen molar-refractivity contribution in [3.8, 4) is 0 Å². The van der Waals surface area contributed by atoms with Gasteiger partial charge in [-0.1, -0.05) is 41.4 Å². The lowest BCUT2D eigenvalue weighted by molar-refractivity contribution is 0.0956. The van der Waals surface area contributed by atoms with Gasteiger partial charge in [-0.2, -0.15) is 5.10 Å². The maximum atomic E-state index is 12.2. The van der Waals surface area contributed by atoms with Gasteiger partial charge in [-0.3, -0.25) is 4.79 Å². The summed E-state index contributed by atoms with van der Waals surface area (Å²) in [5.74, 6) is -0.297. The molecule has 0 aliphatic rings. The molecule has 0 saturated heterocycles. The van der Waals surface area contributed by atoms with Gasteiger partial charge in [-0.15, -0.1) is 0 Å². The number of aromatic nitrogens is 1. The van der Waals surface area contributed by atoms with E-state index in [1.54, 1.807) is 30.5 Å². The first-order valence-electron chi connectivity index (χ1n) is 6.50. The van der Waals surface area contributed by atoms with Crippen LogP contribution in [0.25, 0.3) is 10.9 Å². The number of hydrogen-bond acceptors (Lipinski definition) is 2. The summed E-state index contributed by atoms with van der Waals surface area (Å²) in [6, 6.07) is 12.4. The van der Waals surface area contributed by atoms with E-state index in [9.17, 15) is 4.79 Å². The Hall–Kier alpha value is -2.30. The summed E-state index contributed by atoms with van der Waals surface area (Å²) in [5.41, 5.74) is 4.47. The van der Waals surface area contributed by atoms with E-state index in [0.717, 1.165) is 10.9 Å². The van der Waals surface area contributed by atoms with Gasteiger partial charge in [0.05, 0.1) is 22.3 Å². The molecule has 4 nitrogen and oxygen atoms in total. The Morgan fingerprint density at radius 2 is 2.05 bits per heavy atom. The molecule has 0 bridgehead atoms. The topological polar surface area (TPSA) is 57.2 Å². The molecule has 0 radical (unpaired) electrons. The van der Waals surface area contributed by atoms with E-state index in [4.69, 9.17) is 23.2 Å². The fraction of sp³-hybridized carbons (Fsp3) is 0. The summed E-state index contributed by atoms with van der Waals surface area (Å²) in [5, 5.41) is 5.92. The standard InChI is InChI=1S/C16H11Cl2N3O/c17-12-5-4-11(14(18)8-12)9-20-21-16(22)13-3-1-2-10-6-7-19-15(10)13/h1-9,19H,(H,21,22)/b20-9-. The third kappa shape index (κ3) is 2.98. The fourth-order valence-corrected chi connectivity index (χ4v) is 2.56. The van der Waals surface area contributed by atoms with Gasteiger partial charge in [-0.05, 0) is 24.3 Å². The number of carbonyl (C=O) groups excluding carboxylic acids is 1. The predicted molar refractivity (Wildman–Crippen MR) is 89.8 cm³/mol. The molecule has 1 amide bonds. The van der Waals surface area contributed by atoms with Crippen LogP contribution in [0.2, 0.25) is 10.0 Å². The Balaban J connectivity index is 1.77. The average Bonchev–Trinajstić information content (AvgIpc) is 2.97. The predicted octanol–water partition coefficient (Wildman–Crippen LogP) is 4.24. The molecule has 0 fully saturated rings. The minimum absolute atomic E-state index is 0.297. The van der Waals surface area contributed by atoms with Crippen LogP contribution in [-0.4, -0.2) is 17.1 Å². The van der Waals surface area contributed by atoms with Crippen LogP contribution < -0.4 is 5.43 Å². The highest BCUT2D eigenvalue weighted by molar-refractivity contribution is 6.36. The second kappa shape index (κ2) is 6.22. The van der Waals surface area contributed by atoms with Crippen LogP contribution in [0.1, 0.15) is 15.9 Å². The Labute approximate surface area is 136 Å². The highest BCUT2D eigenvalue weighted by Crippen LogP contribution is 2.19. The number of nitrogens with one attached hydrogen (secondary N) is 2. The molecule has 1 aromatic heterocycles. The molecular weight excluding hydrogens is 321 g/mol. The van der Waals surface area contributed by atoms with Gasteiger partial charge in [-0.25, -0.2) is 5.43 Å². The molecular formula is C16H11Cl2N3O. The number of benzene rings is 2. The maximum Gasteiger partial charge on any atom is 0.273 e. The van der Waals surface area contributed by atoms with Gasteiger partial charge in [0.15, 0.2) is 0 Å². The van der Waals surface area contributed by atoms with Gasteiger partial charge in [0, 0.05) is 22.2 Å². The molecule has 6 heteroatoms. The largest absolute Gasteiger partial charge is 0.361 e. The molecule has 110 valence electrons. The molecule has 2 N–H and O–H groups in total. The summed E-state index contributed by atoms with van der Waals surface area (Å²) in [4.78, 5) is 15.2. The highest BCUT2D eigenvalue weighted by Gasteiger charge is 2.09. The minimum Gasteiger partial charge on any atom is -0.361 e. The molecule has 0 aliphatic carbocycles. The number of nitrogens with zero attached hydrogens (tertiary/aromatic N) is 1. The summed E-state index contributed by atoms with van der Waals surface area (Å²) in [6.45, 7) is 0. The number of fused-ring (bicyclic) bond motifs is 1. The lowest BCUT2D eigenvalue weighted by Crippen LogP contribution is -2.18. The third-order valence-electron chi connectivity index (χ3n) is 3.16. The molecule has 0 unspecified atom stereocenters. The summed E-state index contributed by atoms with van der Waals surface area (Å²) < 4.78 is 0. The Morgan fingerprint density at radius 3 is 2.86 bits per heavy atom. The smallest absolute Gasteiger partial charge is 0.273 e. The van der Waals surface area contributed by atoms with Crippen LogP contribution in [0, 0.1) is 0 Å². The molecule has 22 heavy (non-hydrogen) atoms. The Kier molecular flexibility index (Phi) is 4.13. The normalized spacial score (nSPS) is 11.2. The van der Waals surface area contributed by atoms with Gasteiger partial charge < -0.3 is 4.98 Å². The Morgan fingerprint density at radius 1 is 1.18 bits per heavy atom. The van der Waals surface area contributed by atoms with Crippen LogP contribution in [0.15, 0.2) is 53.8 Å². The number of carbonyl (C=O) groups is 1. The summed E-state index contributed by atoms with van der Waals surface area (Å²) in [6.07, 6.45) is 3.27. The van der Waals surface area contributed by atoms with Gasteiger partial charge >= 0.3 is 0 Å². The quantitative estimate of drug-likeness (QED) is 0.547. The molecule has 0 saturated carbocycles. The SMILES string of the molecule is O=C(N/N=C\c1ccc(Cl)cc1Cl)c1cccc2cc[nH]c12. The van der Waals surface area contributed by atoms with Crippen molar-refractivity contribution in [2.24, 2.45) is 5.10 Å². The zero-order valence-corrected chi connectivity index (χ0v) is 12.8. The Bertz CT molecular complexity index is 871. The highest BCUT2D eigenvalue weighted by atomic mass is 35.5. The van der Waals surface area contributed by atoms with Gasteiger partial charge in [0.2, 0.25) is 0 Å². The average molecular weight is 332 g/mol. The van der Waals surface area contributed by atoms with Crippen LogP contribution in [0.4, 0.5) is 0 Å². The number of halogens is 2. The van der Waals surface area contributed by atoms with Crippen molar-refractivity contribution < 1.29 is 4.79 Å². The van der Waals surface area contributed by atoms with Crippen molar-refractivity contribution in [1.29, 1.82) is 0 Å². The van der Waals surface area contributed by atoms with Crippen molar-refractivity contribution in [2.75, 3.05) is 0 Å². The number of para-hydroxylation sites is 1. The number of hydrazone groups is 1. The lowest BCUT2D eigenvalue weighted by Gasteiger charge is -2.02. The van der Waals surface area contributed by atoms with E-state index in [-0.39, 0.29) is 5.91 Å². The summed E-state index contributed by atoms with van der Waals surface area (Å²) in [7, 11) is 0. The van der Waals surface area contributed by atoms with Crippen LogP contribution in [0.5, 0.6) is 0 Å². The molecule has 0 aliphatic heterocycles. The first-order valence-corrected chi connectivity index (χ1v) is 7.25.